The molecule has 0 aliphatic heterocycles. The van der Waals surface area contributed by atoms with E-state index in [9.17, 15) is 5.11 Å². The van der Waals surface area contributed by atoms with E-state index in [0.717, 1.165) is 0 Å². The molecule has 0 rings (SSSR count). The first kappa shape index (κ1) is 9.92. The Labute approximate surface area is 63.2 Å². The van der Waals surface area contributed by atoms with Gasteiger partial charge >= 0.3 is 0 Å². The van der Waals surface area contributed by atoms with E-state index in [1.54, 1.807) is 6.92 Å². The van der Waals surface area contributed by atoms with Crippen molar-refractivity contribution in [2.75, 3.05) is 6.61 Å². The van der Waals surface area contributed by atoms with Gasteiger partial charge in [-0.05, 0) is 19.8 Å². The van der Waals surface area contributed by atoms with Gasteiger partial charge in [-0.3, -0.25) is 0 Å². The average Bonchev–Trinajstić information content (AvgIpc) is 1.81. The predicted molar refractivity (Wildman–Crippen MR) is 41.9 cm³/mol. The van der Waals surface area contributed by atoms with Gasteiger partial charge in [0.15, 0.2) is 0 Å². The van der Waals surface area contributed by atoms with Crippen molar-refractivity contribution in [1.82, 2.24) is 0 Å². The molecule has 0 aromatic carbocycles. The molecule has 0 spiro atoms. The zero-order chi connectivity index (χ0) is 8.15. The van der Waals surface area contributed by atoms with E-state index < -0.39 is 0 Å². The minimum Gasteiger partial charge on any atom is -0.391 e. The maximum Gasteiger partial charge on any atom is 0.0853 e. The van der Waals surface area contributed by atoms with Crippen LogP contribution >= 0.6 is 0 Å². The molecule has 0 heterocycles. The first-order chi connectivity index (χ1) is 4.59. The summed E-state index contributed by atoms with van der Waals surface area (Å²) in [4.78, 5) is 0. The highest BCUT2D eigenvalue weighted by Crippen LogP contribution is 2.10. The fraction of sp³-hybridized carbons (Fsp3) is 1.00. The number of hydrogen-bond acceptors (Lipinski definition) is 2. The standard InChI is InChI=1S/C8H18O2/c1-5-10-8(6(2)3)7(4)9/h6-9H,5H2,1-4H3/t7?,8-/m1/s1. The van der Waals surface area contributed by atoms with Crippen LogP contribution in [0.15, 0.2) is 0 Å². The maximum atomic E-state index is 9.19. The Bertz CT molecular complexity index is 71.3. The van der Waals surface area contributed by atoms with Gasteiger partial charge < -0.3 is 9.84 Å². The van der Waals surface area contributed by atoms with Crippen LogP contribution in [0, 0.1) is 5.92 Å². The van der Waals surface area contributed by atoms with Crippen LogP contribution < -0.4 is 0 Å². The molecule has 1 N–H and O–H groups in total. The van der Waals surface area contributed by atoms with Crippen molar-refractivity contribution in [3.05, 3.63) is 0 Å². The molecule has 2 heteroatoms. The topological polar surface area (TPSA) is 29.5 Å². The summed E-state index contributed by atoms with van der Waals surface area (Å²) in [6, 6.07) is 0. The van der Waals surface area contributed by atoms with Crippen LogP contribution in [0.25, 0.3) is 0 Å². The average molecular weight is 146 g/mol. The third-order valence-electron chi connectivity index (χ3n) is 1.49. The van der Waals surface area contributed by atoms with Crippen LogP contribution in [0.3, 0.4) is 0 Å². The van der Waals surface area contributed by atoms with Gasteiger partial charge in [-0.25, -0.2) is 0 Å². The normalized spacial score (nSPS) is 17.4. The number of hydrogen-bond donors (Lipinski definition) is 1. The van der Waals surface area contributed by atoms with Crippen molar-refractivity contribution in [3.8, 4) is 0 Å². The van der Waals surface area contributed by atoms with E-state index in [1.165, 1.54) is 0 Å². The van der Waals surface area contributed by atoms with Gasteiger partial charge in [0, 0.05) is 6.61 Å². The summed E-state index contributed by atoms with van der Waals surface area (Å²) in [6.45, 7) is 8.48. The second kappa shape index (κ2) is 4.69. The second-order valence-electron chi connectivity index (χ2n) is 2.90. The SMILES string of the molecule is CCO[C@H](C(C)C)C(C)O. The molecule has 0 radical (unpaired) electrons. The zero-order valence-electron chi connectivity index (χ0n) is 7.29. The molecule has 1 unspecified atom stereocenters. The van der Waals surface area contributed by atoms with Crippen LogP contribution in [0.5, 0.6) is 0 Å². The first-order valence-corrected chi connectivity index (χ1v) is 3.89. The van der Waals surface area contributed by atoms with Crippen LogP contribution in [-0.4, -0.2) is 23.9 Å². The summed E-state index contributed by atoms with van der Waals surface area (Å²) >= 11 is 0. The molecule has 0 saturated carbocycles. The zero-order valence-corrected chi connectivity index (χ0v) is 7.29. The lowest BCUT2D eigenvalue weighted by atomic mass is 10.0. The Hall–Kier alpha value is -0.0800. The molecule has 2 nitrogen and oxygen atoms in total. The Kier molecular flexibility index (Phi) is 4.65. The molecule has 0 saturated heterocycles. The van der Waals surface area contributed by atoms with Crippen LogP contribution in [0.1, 0.15) is 27.7 Å². The third kappa shape index (κ3) is 3.18. The van der Waals surface area contributed by atoms with Gasteiger partial charge in [-0.15, -0.1) is 0 Å². The van der Waals surface area contributed by atoms with E-state index in [1.807, 2.05) is 20.8 Å². The molecule has 62 valence electrons. The van der Waals surface area contributed by atoms with Crippen molar-refractivity contribution >= 4 is 0 Å². The van der Waals surface area contributed by atoms with Crippen LogP contribution in [0.2, 0.25) is 0 Å². The third-order valence-corrected chi connectivity index (χ3v) is 1.49. The fourth-order valence-corrected chi connectivity index (χ4v) is 1.08. The molecule has 2 atom stereocenters. The van der Waals surface area contributed by atoms with E-state index >= 15 is 0 Å². The minimum atomic E-state index is -0.361. The van der Waals surface area contributed by atoms with Crippen LogP contribution in [-0.2, 0) is 4.74 Å². The van der Waals surface area contributed by atoms with E-state index in [0.29, 0.717) is 12.5 Å². The molecule has 10 heavy (non-hydrogen) atoms. The fourth-order valence-electron chi connectivity index (χ4n) is 1.08. The Morgan fingerprint density at radius 3 is 1.90 bits per heavy atom. The lowest BCUT2D eigenvalue weighted by Gasteiger charge is -2.23. The highest BCUT2D eigenvalue weighted by Gasteiger charge is 2.18. The summed E-state index contributed by atoms with van der Waals surface area (Å²) in [5, 5.41) is 9.19. The van der Waals surface area contributed by atoms with Gasteiger partial charge in [-0.2, -0.15) is 0 Å². The highest BCUT2D eigenvalue weighted by atomic mass is 16.5. The summed E-state index contributed by atoms with van der Waals surface area (Å²) in [5.74, 6) is 0.389. The van der Waals surface area contributed by atoms with Gasteiger partial charge in [0.2, 0.25) is 0 Å². The Balaban J connectivity index is 3.73. The van der Waals surface area contributed by atoms with Gasteiger partial charge in [-0.1, -0.05) is 13.8 Å². The number of rotatable bonds is 4. The summed E-state index contributed by atoms with van der Waals surface area (Å²) in [5.41, 5.74) is 0. The van der Waals surface area contributed by atoms with Crippen molar-refractivity contribution in [3.63, 3.8) is 0 Å². The predicted octanol–water partition coefficient (Wildman–Crippen LogP) is 1.43. The van der Waals surface area contributed by atoms with Crippen LogP contribution in [0.4, 0.5) is 0 Å². The molecule has 0 amide bonds. The minimum absolute atomic E-state index is 0.00926. The molecule has 0 aliphatic rings. The second-order valence-corrected chi connectivity index (χ2v) is 2.90. The van der Waals surface area contributed by atoms with E-state index in [2.05, 4.69) is 0 Å². The quantitative estimate of drug-likeness (QED) is 0.650. The van der Waals surface area contributed by atoms with E-state index in [4.69, 9.17) is 4.74 Å². The molecular weight excluding hydrogens is 128 g/mol. The molecule has 0 fully saturated rings. The Morgan fingerprint density at radius 1 is 1.30 bits per heavy atom. The lowest BCUT2D eigenvalue weighted by Crippen LogP contribution is -2.31. The molecule has 0 aliphatic carbocycles. The van der Waals surface area contributed by atoms with Crippen molar-refractivity contribution < 1.29 is 9.84 Å². The molecule has 0 aromatic rings. The number of ether oxygens (including phenoxy) is 1. The molecule has 0 aromatic heterocycles. The van der Waals surface area contributed by atoms with Crippen molar-refractivity contribution in [2.45, 2.75) is 39.9 Å². The largest absolute Gasteiger partial charge is 0.391 e. The lowest BCUT2D eigenvalue weighted by molar-refractivity contribution is -0.0489. The highest BCUT2D eigenvalue weighted by molar-refractivity contribution is 4.67. The van der Waals surface area contributed by atoms with Crippen molar-refractivity contribution in [2.24, 2.45) is 5.92 Å². The smallest absolute Gasteiger partial charge is 0.0853 e. The number of aliphatic hydroxyl groups excluding tert-OH is 1. The first-order valence-electron chi connectivity index (χ1n) is 3.89. The van der Waals surface area contributed by atoms with Gasteiger partial charge in [0.1, 0.15) is 0 Å². The number of aliphatic hydroxyl groups is 1. The van der Waals surface area contributed by atoms with Gasteiger partial charge in [0.25, 0.3) is 0 Å². The van der Waals surface area contributed by atoms with Gasteiger partial charge in [0.05, 0.1) is 12.2 Å². The molecular formula is C8H18O2. The Morgan fingerprint density at radius 2 is 1.80 bits per heavy atom. The summed E-state index contributed by atoms with van der Waals surface area (Å²) in [7, 11) is 0. The monoisotopic (exact) mass is 146 g/mol. The van der Waals surface area contributed by atoms with Crippen molar-refractivity contribution in [1.29, 1.82) is 0 Å². The molecule has 0 bridgehead atoms. The summed E-state index contributed by atoms with van der Waals surface area (Å²) < 4.78 is 5.31. The maximum absolute atomic E-state index is 9.19. The summed E-state index contributed by atoms with van der Waals surface area (Å²) in [6.07, 6.45) is -0.370. The van der Waals surface area contributed by atoms with E-state index in [-0.39, 0.29) is 12.2 Å².